The fourth-order valence-corrected chi connectivity index (χ4v) is 2.34. The second-order valence-corrected chi connectivity index (χ2v) is 6.03. The molecule has 1 aromatic heterocycles. The highest BCUT2D eigenvalue weighted by atomic mass is 35.5. The second-order valence-electron chi connectivity index (χ2n) is 5.62. The van der Waals surface area contributed by atoms with Crippen molar-refractivity contribution >= 4 is 28.3 Å². The summed E-state index contributed by atoms with van der Waals surface area (Å²) in [5.74, 6) is 0.478. The normalized spacial score (nSPS) is 11.9. The third kappa shape index (κ3) is 2.81. The number of benzene rings is 1. The van der Waals surface area contributed by atoms with E-state index >= 15 is 0 Å². The predicted molar refractivity (Wildman–Crippen MR) is 79.6 cm³/mol. The molecule has 0 unspecified atom stereocenters. The molecule has 0 radical (unpaired) electrons. The molecule has 2 rings (SSSR count). The zero-order valence-corrected chi connectivity index (χ0v) is 12.4. The summed E-state index contributed by atoms with van der Waals surface area (Å²) >= 11 is 6.07. The Labute approximate surface area is 118 Å². The highest BCUT2D eigenvalue weighted by Crippen LogP contribution is 2.33. The maximum Gasteiger partial charge on any atom is 0.130 e. The number of anilines is 1. The first kappa shape index (κ1) is 14.1. The number of hydrogen-bond donors (Lipinski definition) is 1. The van der Waals surface area contributed by atoms with E-state index in [9.17, 15) is 4.39 Å². The lowest BCUT2D eigenvalue weighted by Crippen LogP contribution is -2.16. The standard InChI is InChI=1S/C15H18ClFN2/c1-5-18-14-11(15(2,3)4)7-9-6-10(17)8-12(16)13(9)19-14/h6-8H,5H2,1-4H3,(H,18,19). The first-order chi connectivity index (χ1) is 8.82. The Morgan fingerprint density at radius 3 is 2.53 bits per heavy atom. The topological polar surface area (TPSA) is 24.9 Å². The van der Waals surface area contributed by atoms with E-state index in [0.29, 0.717) is 10.5 Å². The molecule has 0 aliphatic carbocycles. The Morgan fingerprint density at radius 2 is 1.95 bits per heavy atom. The van der Waals surface area contributed by atoms with Crippen LogP contribution in [0.5, 0.6) is 0 Å². The van der Waals surface area contributed by atoms with Gasteiger partial charge in [0.2, 0.25) is 0 Å². The average molecular weight is 281 g/mol. The van der Waals surface area contributed by atoms with Crippen molar-refractivity contribution in [1.29, 1.82) is 0 Å². The fourth-order valence-electron chi connectivity index (χ4n) is 2.08. The Balaban J connectivity index is 2.76. The molecule has 0 aliphatic rings. The van der Waals surface area contributed by atoms with Crippen molar-refractivity contribution in [3.8, 4) is 0 Å². The van der Waals surface area contributed by atoms with Crippen molar-refractivity contribution in [2.24, 2.45) is 0 Å². The van der Waals surface area contributed by atoms with Gasteiger partial charge in [0.05, 0.1) is 10.5 Å². The van der Waals surface area contributed by atoms with Crippen LogP contribution in [-0.2, 0) is 5.41 Å². The summed E-state index contributed by atoms with van der Waals surface area (Å²) in [6.07, 6.45) is 0. The molecule has 2 aromatic rings. The van der Waals surface area contributed by atoms with Gasteiger partial charge in [-0.2, -0.15) is 0 Å². The van der Waals surface area contributed by atoms with Crippen LogP contribution in [0.4, 0.5) is 10.2 Å². The number of pyridine rings is 1. The van der Waals surface area contributed by atoms with Gasteiger partial charge in [-0.3, -0.25) is 0 Å². The Bertz CT molecular complexity index is 618. The number of hydrogen-bond acceptors (Lipinski definition) is 2. The molecule has 0 amide bonds. The van der Waals surface area contributed by atoms with Gasteiger partial charge in [0.1, 0.15) is 11.6 Å². The van der Waals surface area contributed by atoms with E-state index in [2.05, 4.69) is 31.1 Å². The molecular weight excluding hydrogens is 263 g/mol. The van der Waals surface area contributed by atoms with Gasteiger partial charge in [0.15, 0.2) is 0 Å². The van der Waals surface area contributed by atoms with Crippen molar-refractivity contribution in [2.45, 2.75) is 33.1 Å². The molecule has 1 heterocycles. The summed E-state index contributed by atoms with van der Waals surface area (Å²) in [7, 11) is 0. The van der Waals surface area contributed by atoms with Gasteiger partial charge in [-0.25, -0.2) is 9.37 Å². The lowest BCUT2D eigenvalue weighted by Gasteiger charge is -2.23. The molecule has 1 N–H and O–H groups in total. The number of halogens is 2. The van der Waals surface area contributed by atoms with Gasteiger partial charge in [0.25, 0.3) is 0 Å². The van der Waals surface area contributed by atoms with Crippen LogP contribution in [0.3, 0.4) is 0 Å². The monoisotopic (exact) mass is 280 g/mol. The third-order valence-corrected chi connectivity index (χ3v) is 3.28. The summed E-state index contributed by atoms with van der Waals surface area (Å²) in [5, 5.41) is 4.33. The van der Waals surface area contributed by atoms with Crippen LogP contribution in [0.2, 0.25) is 5.02 Å². The van der Waals surface area contributed by atoms with Gasteiger partial charge in [-0.1, -0.05) is 32.4 Å². The highest BCUT2D eigenvalue weighted by Gasteiger charge is 2.20. The van der Waals surface area contributed by atoms with Crippen molar-refractivity contribution < 1.29 is 4.39 Å². The van der Waals surface area contributed by atoms with Crippen LogP contribution in [0.15, 0.2) is 18.2 Å². The lowest BCUT2D eigenvalue weighted by molar-refractivity contribution is 0.590. The Morgan fingerprint density at radius 1 is 1.26 bits per heavy atom. The van der Waals surface area contributed by atoms with Crippen molar-refractivity contribution in [2.75, 3.05) is 11.9 Å². The summed E-state index contributed by atoms with van der Waals surface area (Å²) in [6.45, 7) is 9.12. The van der Waals surface area contributed by atoms with Crippen molar-refractivity contribution in [3.63, 3.8) is 0 Å². The molecule has 2 nitrogen and oxygen atoms in total. The van der Waals surface area contributed by atoms with Crippen LogP contribution in [0.1, 0.15) is 33.3 Å². The second kappa shape index (κ2) is 4.97. The van der Waals surface area contributed by atoms with Crippen LogP contribution in [0.25, 0.3) is 10.9 Å². The molecule has 4 heteroatoms. The Hall–Kier alpha value is -1.35. The predicted octanol–water partition coefficient (Wildman–Crippen LogP) is 4.76. The van der Waals surface area contributed by atoms with Gasteiger partial charge in [-0.15, -0.1) is 0 Å². The van der Waals surface area contributed by atoms with E-state index in [0.717, 1.165) is 23.3 Å². The largest absolute Gasteiger partial charge is 0.370 e. The minimum absolute atomic E-state index is 0.0719. The molecule has 0 spiro atoms. The minimum atomic E-state index is -0.338. The van der Waals surface area contributed by atoms with E-state index in [1.807, 2.05) is 13.0 Å². The zero-order chi connectivity index (χ0) is 14.2. The maximum absolute atomic E-state index is 13.4. The van der Waals surface area contributed by atoms with E-state index in [1.165, 1.54) is 12.1 Å². The number of nitrogens with one attached hydrogen (secondary N) is 1. The lowest BCUT2D eigenvalue weighted by atomic mass is 9.86. The number of fused-ring (bicyclic) bond motifs is 1. The molecule has 0 atom stereocenters. The summed E-state index contributed by atoms with van der Waals surface area (Å²) in [5.41, 5.74) is 1.62. The van der Waals surface area contributed by atoms with Crippen LogP contribution >= 0.6 is 11.6 Å². The zero-order valence-electron chi connectivity index (χ0n) is 11.6. The summed E-state index contributed by atoms with van der Waals surface area (Å²) in [4.78, 5) is 4.56. The smallest absolute Gasteiger partial charge is 0.130 e. The molecule has 0 saturated heterocycles. The van der Waals surface area contributed by atoms with Crippen LogP contribution in [0, 0.1) is 5.82 Å². The van der Waals surface area contributed by atoms with Crippen LogP contribution < -0.4 is 5.32 Å². The average Bonchev–Trinajstić information content (AvgIpc) is 2.28. The highest BCUT2D eigenvalue weighted by molar-refractivity contribution is 6.35. The molecule has 102 valence electrons. The molecule has 19 heavy (non-hydrogen) atoms. The minimum Gasteiger partial charge on any atom is -0.370 e. The molecule has 1 aromatic carbocycles. The van der Waals surface area contributed by atoms with Crippen molar-refractivity contribution in [3.05, 3.63) is 34.6 Å². The van der Waals surface area contributed by atoms with Gasteiger partial charge < -0.3 is 5.32 Å². The van der Waals surface area contributed by atoms with Gasteiger partial charge in [0, 0.05) is 17.5 Å². The van der Waals surface area contributed by atoms with E-state index in [4.69, 9.17) is 11.6 Å². The molecule has 0 saturated carbocycles. The SMILES string of the molecule is CCNc1nc2c(Cl)cc(F)cc2cc1C(C)(C)C. The number of rotatable bonds is 2. The van der Waals surface area contributed by atoms with E-state index < -0.39 is 0 Å². The van der Waals surface area contributed by atoms with Gasteiger partial charge in [-0.05, 0) is 30.5 Å². The van der Waals surface area contributed by atoms with E-state index in [-0.39, 0.29) is 11.2 Å². The molecule has 0 bridgehead atoms. The first-order valence-electron chi connectivity index (χ1n) is 6.37. The molecule has 0 fully saturated rings. The third-order valence-electron chi connectivity index (χ3n) is 2.99. The van der Waals surface area contributed by atoms with Crippen LogP contribution in [-0.4, -0.2) is 11.5 Å². The van der Waals surface area contributed by atoms with Gasteiger partial charge >= 0.3 is 0 Å². The van der Waals surface area contributed by atoms with E-state index in [1.54, 1.807) is 0 Å². The summed E-state index contributed by atoms with van der Waals surface area (Å²) in [6, 6.07) is 4.73. The maximum atomic E-state index is 13.4. The first-order valence-corrected chi connectivity index (χ1v) is 6.75. The number of nitrogens with zero attached hydrogens (tertiary/aromatic N) is 1. The molecule has 0 aliphatic heterocycles. The Kier molecular flexibility index (Phi) is 3.68. The fraction of sp³-hybridized carbons (Fsp3) is 0.400. The quantitative estimate of drug-likeness (QED) is 0.858. The molecular formula is C15H18ClFN2. The number of aromatic nitrogens is 1. The van der Waals surface area contributed by atoms with Crippen molar-refractivity contribution in [1.82, 2.24) is 4.98 Å². The summed E-state index contributed by atoms with van der Waals surface area (Å²) < 4.78 is 13.4.